The molecule has 1 aromatic carbocycles. The van der Waals surface area contributed by atoms with Crippen LogP contribution in [-0.4, -0.2) is 48.8 Å². The van der Waals surface area contributed by atoms with Gasteiger partial charge in [0.25, 0.3) is 0 Å². The minimum Gasteiger partial charge on any atom is -0.388 e. The second kappa shape index (κ2) is 10.2. The maximum absolute atomic E-state index is 12.2. The van der Waals surface area contributed by atoms with Gasteiger partial charge in [-0.25, -0.2) is 0 Å². The Hall–Kier alpha value is -0.850. The summed E-state index contributed by atoms with van der Waals surface area (Å²) in [5.41, 5.74) is 6.44. The molecule has 1 aliphatic heterocycles. The number of benzene rings is 1. The van der Waals surface area contributed by atoms with Gasteiger partial charge < -0.3 is 20.5 Å². The van der Waals surface area contributed by atoms with E-state index in [4.69, 9.17) is 22.1 Å². The fourth-order valence-electron chi connectivity index (χ4n) is 2.98. The minimum atomic E-state index is -0.514. The number of rotatable bonds is 6. The Balaban J connectivity index is 0.00000288. The van der Waals surface area contributed by atoms with E-state index < -0.39 is 6.10 Å². The third kappa shape index (κ3) is 5.60. The molecule has 2 atom stereocenters. The summed E-state index contributed by atoms with van der Waals surface area (Å²) in [6, 6.07) is 7.29. The van der Waals surface area contributed by atoms with Crippen molar-refractivity contribution in [1.82, 2.24) is 4.90 Å². The Morgan fingerprint density at radius 3 is 2.46 bits per heavy atom. The summed E-state index contributed by atoms with van der Waals surface area (Å²) in [6.45, 7) is 1.66. The number of amides is 1. The highest BCUT2D eigenvalue weighted by atomic mass is 35.5. The summed E-state index contributed by atoms with van der Waals surface area (Å²) in [5, 5.41) is 11.2. The lowest BCUT2D eigenvalue weighted by Crippen LogP contribution is -2.42. The second-order valence-electron chi connectivity index (χ2n) is 6.01. The number of carbonyl (C=O) groups excluding carboxylic acids is 1. The van der Waals surface area contributed by atoms with Crippen molar-refractivity contribution >= 4 is 29.9 Å². The van der Waals surface area contributed by atoms with Crippen molar-refractivity contribution in [2.45, 2.75) is 31.5 Å². The van der Waals surface area contributed by atoms with Crippen LogP contribution in [0.5, 0.6) is 0 Å². The Kier molecular flexibility index (Phi) is 9.02. The lowest BCUT2D eigenvalue weighted by molar-refractivity contribution is -0.135. The molecule has 0 saturated carbocycles. The van der Waals surface area contributed by atoms with Crippen molar-refractivity contribution in [2.24, 2.45) is 11.7 Å². The minimum absolute atomic E-state index is 0. The molecule has 0 aromatic heterocycles. The number of hydrogen-bond donors (Lipinski definition) is 2. The van der Waals surface area contributed by atoms with Crippen LogP contribution >= 0.6 is 24.0 Å². The van der Waals surface area contributed by atoms with Gasteiger partial charge in [-0.3, -0.25) is 4.79 Å². The number of hydrogen-bond acceptors (Lipinski definition) is 4. The van der Waals surface area contributed by atoms with Gasteiger partial charge in [0.05, 0.1) is 18.6 Å². The summed E-state index contributed by atoms with van der Waals surface area (Å²) < 4.78 is 5.16. The van der Waals surface area contributed by atoms with Crippen LogP contribution in [-0.2, 0) is 9.53 Å². The lowest BCUT2D eigenvalue weighted by atomic mass is 9.87. The molecule has 0 aliphatic carbocycles. The average molecular weight is 377 g/mol. The first-order chi connectivity index (χ1) is 11.0. The molecule has 1 fully saturated rings. The number of ether oxygens (including phenoxy) is 1. The standard InChI is InChI=1S/C17H25ClN2O3.ClH/c1-23-15(11-19)10-16(21)20-8-6-13(7-9-20)17(22)12-2-4-14(18)5-3-12;/h2-5,13,15,17,22H,6-11,19H2,1H3;1H. The number of methoxy groups -OCH3 is 1. The SMILES string of the molecule is COC(CN)CC(=O)N1CCC(C(O)c2ccc(Cl)cc2)CC1.Cl. The number of piperidine rings is 1. The summed E-state index contributed by atoms with van der Waals surface area (Å²) in [7, 11) is 1.57. The number of aliphatic hydroxyl groups is 1. The highest BCUT2D eigenvalue weighted by molar-refractivity contribution is 6.30. The summed E-state index contributed by atoms with van der Waals surface area (Å²) in [4.78, 5) is 14.1. The van der Waals surface area contributed by atoms with Crippen molar-refractivity contribution in [3.63, 3.8) is 0 Å². The third-order valence-corrected chi connectivity index (χ3v) is 4.80. The van der Waals surface area contributed by atoms with Crippen LogP contribution in [0.3, 0.4) is 0 Å². The summed E-state index contributed by atoms with van der Waals surface area (Å²) >= 11 is 5.88. The van der Waals surface area contributed by atoms with Crippen molar-refractivity contribution in [3.8, 4) is 0 Å². The molecule has 1 saturated heterocycles. The van der Waals surface area contributed by atoms with E-state index in [0.29, 0.717) is 31.1 Å². The van der Waals surface area contributed by atoms with Gasteiger partial charge in [-0.1, -0.05) is 23.7 Å². The molecule has 0 bridgehead atoms. The second-order valence-corrected chi connectivity index (χ2v) is 6.45. The smallest absolute Gasteiger partial charge is 0.225 e. The van der Waals surface area contributed by atoms with Crippen LogP contribution in [0, 0.1) is 5.92 Å². The van der Waals surface area contributed by atoms with Crippen LogP contribution in [0.1, 0.15) is 30.9 Å². The van der Waals surface area contributed by atoms with Crippen LogP contribution in [0.15, 0.2) is 24.3 Å². The van der Waals surface area contributed by atoms with E-state index >= 15 is 0 Å². The molecule has 3 N–H and O–H groups in total. The molecule has 5 nitrogen and oxygen atoms in total. The monoisotopic (exact) mass is 376 g/mol. The average Bonchev–Trinajstić information content (AvgIpc) is 2.59. The molecule has 1 amide bonds. The van der Waals surface area contributed by atoms with E-state index in [0.717, 1.165) is 18.4 Å². The van der Waals surface area contributed by atoms with Crippen molar-refractivity contribution in [1.29, 1.82) is 0 Å². The molecule has 7 heteroatoms. The Morgan fingerprint density at radius 1 is 1.38 bits per heavy atom. The predicted octanol–water partition coefficient (Wildman–Crippen LogP) is 2.40. The van der Waals surface area contributed by atoms with Gasteiger partial charge in [-0.2, -0.15) is 0 Å². The summed E-state index contributed by atoms with van der Waals surface area (Å²) in [5.74, 6) is 0.231. The number of carbonyl (C=O) groups is 1. The van der Waals surface area contributed by atoms with E-state index in [-0.39, 0.29) is 30.3 Å². The van der Waals surface area contributed by atoms with Gasteiger partial charge in [0.2, 0.25) is 5.91 Å². The predicted molar refractivity (Wildman–Crippen MR) is 97.4 cm³/mol. The Labute approximate surface area is 154 Å². The van der Waals surface area contributed by atoms with Gasteiger partial charge in [0.1, 0.15) is 0 Å². The first-order valence-electron chi connectivity index (χ1n) is 7.99. The molecular weight excluding hydrogens is 351 g/mol. The van der Waals surface area contributed by atoms with Crippen molar-refractivity contribution < 1.29 is 14.6 Å². The number of nitrogens with two attached hydrogens (primary N) is 1. The van der Waals surface area contributed by atoms with E-state index in [2.05, 4.69) is 0 Å². The topological polar surface area (TPSA) is 75.8 Å². The molecule has 1 heterocycles. The van der Waals surface area contributed by atoms with E-state index in [9.17, 15) is 9.90 Å². The maximum atomic E-state index is 12.2. The Bertz CT molecular complexity index is 501. The van der Waals surface area contributed by atoms with Crippen LogP contribution in [0.2, 0.25) is 5.02 Å². The highest BCUT2D eigenvalue weighted by Crippen LogP contribution is 2.31. The fraction of sp³-hybridized carbons (Fsp3) is 0.588. The van der Waals surface area contributed by atoms with Crippen molar-refractivity contribution in [3.05, 3.63) is 34.9 Å². The highest BCUT2D eigenvalue weighted by Gasteiger charge is 2.28. The van der Waals surface area contributed by atoms with Gasteiger partial charge in [0, 0.05) is 31.8 Å². The fourth-order valence-corrected chi connectivity index (χ4v) is 3.11. The molecule has 0 radical (unpaired) electrons. The number of likely N-dealkylation sites (tertiary alicyclic amines) is 1. The normalized spacial score (nSPS) is 17.9. The molecule has 0 spiro atoms. The molecular formula is C17H26Cl2N2O3. The van der Waals surface area contributed by atoms with Crippen LogP contribution in [0.4, 0.5) is 0 Å². The van der Waals surface area contributed by atoms with E-state index in [1.165, 1.54) is 0 Å². The molecule has 2 unspecified atom stereocenters. The zero-order valence-corrected chi connectivity index (χ0v) is 15.4. The third-order valence-electron chi connectivity index (χ3n) is 4.55. The molecule has 1 aromatic rings. The zero-order valence-electron chi connectivity index (χ0n) is 13.9. The van der Waals surface area contributed by atoms with E-state index in [1.807, 2.05) is 17.0 Å². The van der Waals surface area contributed by atoms with Gasteiger partial charge in [-0.05, 0) is 36.5 Å². The number of halogens is 2. The maximum Gasteiger partial charge on any atom is 0.225 e. The zero-order chi connectivity index (χ0) is 16.8. The van der Waals surface area contributed by atoms with Gasteiger partial charge >= 0.3 is 0 Å². The molecule has 1 aliphatic rings. The van der Waals surface area contributed by atoms with Crippen LogP contribution < -0.4 is 5.73 Å². The quantitative estimate of drug-likeness (QED) is 0.798. The largest absolute Gasteiger partial charge is 0.388 e. The number of nitrogens with zero attached hydrogens (tertiary/aromatic N) is 1. The van der Waals surface area contributed by atoms with Gasteiger partial charge in [0.15, 0.2) is 0 Å². The lowest BCUT2D eigenvalue weighted by Gasteiger charge is -2.35. The molecule has 2 rings (SSSR count). The molecule has 24 heavy (non-hydrogen) atoms. The first-order valence-corrected chi connectivity index (χ1v) is 8.37. The van der Waals surface area contributed by atoms with Crippen molar-refractivity contribution in [2.75, 3.05) is 26.7 Å². The van der Waals surface area contributed by atoms with Gasteiger partial charge in [-0.15, -0.1) is 12.4 Å². The Morgan fingerprint density at radius 2 is 1.96 bits per heavy atom. The van der Waals surface area contributed by atoms with E-state index in [1.54, 1.807) is 19.2 Å². The molecule has 136 valence electrons. The first kappa shape index (κ1) is 21.2. The number of aliphatic hydroxyl groups excluding tert-OH is 1. The summed E-state index contributed by atoms with van der Waals surface area (Å²) in [6.07, 6.45) is 1.16. The van der Waals surface area contributed by atoms with Crippen LogP contribution in [0.25, 0.3) is 0 Å².